The van der Waals surface area contributed by atoms with Gasteiger partial charge in [-0.1, -0.05) is 28.1 Å². The molecule has 0 fully saturated rings. The molecule has 3 N–H and O–H groups in total. The molecule has 1 unspecified atom stereocenters. The van der Waals surface area contributed by atoms with Crippen molar-refractivity contribution in [3.63, 3.8) is 0 Å². The van der Waals surface area contributed by atoms with Crippen molar-refractivity contribution in [3.8, 4) is 0 Å². The number of nitrogens with zero attached hydrogens (tertiary/aromatic N) is 2. The number of benzene rings is 1. The maximum absolute atomic E-state index is 10.7. The van der Waals surface area contributed by atoms with Crippen LogP contribution in [-0.4, -0.2) is 39.3 Å². The Morgan fingerprint density at radius 1 is 1.35 bits per heavy atom. The standard InChI is InChI=1S/C16H18BrN3O3/c1-10-12(3-2-4-13(10)17)5-11(9-21)6-19-15-8-18-14(7-20-15)16(22)23/h2-4,7-8,11,21H,5-6,9H2,1H3,(H,19,20)(H,22,23). The Morgan fingerprint density at radius 2 is 2.13 bits per heavy atom. The Bertz CT molecular complexity index is 677. The van der Waals surface area contributed by atoms with Gasteiger partial charge in [-0.25, -0.2) is 14.8 Å². The molecule has 0 radical (unpaired) electrons. The number of carboxylic acid groups (broad SMARTS) is 1. The van der Waals surface area contributed by atoms with Crippen molar-refractivity contribution in [1.82, 2.24) is 9.97 Å². The van der Waals surface area contributed by atoms with Gasteiger partial charge in [0, 0.05) is 23.5 Å². The summed E-state index contributed by atoms with van der Waals surface area (Å²) >= 11 is 3.51. The van der Waals surface area contributed by atoms with Crippen molar-refractivity contribution in [3.05, 3.63) is 51.9 Å². The summed E-state index contributed by atoms with van der Waals surface area (Å²) in [5, 5.41) is 21.4. The molecule has 0 aliphatic rings. The number of aromatic carboxylic acids is 1. The van der Waals surface area contributed by atoms with Gasteiger partial charge in [-0.3, -0.25) is 0 Å². The van der Waals surface area contributed by atoms with Crippen LogP contribution in [0.1, 0.15) is 21.6 Å². The molecule has 0 saturated carbocycles. The number of hydrogen-bond donors (Lipinski definition) is 3. The molecule has 2 aromatic rings. The van der Waals surface area contributed by atoms with Crippen LogP contribution in [0.4, 0.5) is 5.82 Å². The van der Waals surface area contributed by atoms with Crippen LogP contribution in [0.15, 0.2) is 35.1 Å². The fraction of sp³-hybridized carbons (Fsp3) is 0.312. The van der Waals surface area contributed by atoms with Crippen molar-refractivity contribution >= 4 is 27.7 Å². The van der Waals surface area contributed by atoms with Gasteiger partial charge in [-0.05, 0) is 30.5 Å². The number of aliphatic hydroxyl groups is 1. The summed E-state index contributed by atoms with van der Waals surface area (Å²) in [6.45, 7) is 2.60. The molecule has 23 heavy (non-hydrogen) atoms. The van der Waals surface area contributed by atoms with Crippen LogP contribution in [-0.2, 0) is 6.42 Å². The number of nitrogens with one attached hydrogen (secondary N) is 1. The molecular formula is C16H18BrN3O3. The molecule has 0 amide bonds. The molecule has 0 aliphatic heterocycles. The minimum atomic E-state index is -1.11. The number of carboxylic acids is 1. The Kier molecular flexibility index (Phi) is 6.06. The van der Waals surface area contributed by atoms with Gasteiger partial charge in [0.05, 0.1) is 12.4 Å². The van der Waals surface area contributed by atoms with E-state index in [0.717, 1.165) is 16.5 Å². The van der Waals surface area contributed by atoms with Crippen molar-refractivity contribution < 1.29 is 15.0 Å². The number of anilines is 1. The second-order valence-corrected chi connectivity index (χ2v) is 6.10. The summed E-state index contributed by atoms with van der Waals surface area (Å²) in [5.41, 5.74) is 2.24. The Hall–Kier alpha value is -1.99. The first-order valence-electron chi connectivity index (χ1n) is 7.15. The van der Waals surface area contributed by atoms with Crippen LogP contribution in [0, 0.1) is 12.8 Å². The van der Waals surface area contributed by atoms with Crippen LogP contribution in [0.5, 0.6) is 0 Å². The maximum Gasteiger partial charge on any atom is 0.356 e. The largest absolute Gasteiger partial charge is 0.476 e. The van der Waals surface area contributed by atoms with E-state index in [4.69, 9.17) is 5.11 Å². The van der Waals surface area contributed by atoms with E-state index in [2.05, 4.69) is 31.2 Å². The molecule has 0 bridgehead atoms. The van der Waals surface area contributed by atoms with E-state index in [1.165, 1.54) is 18.0 Å². The van der Waals surface area contributed by atoms with Crippen LogP contribution >= 0.6 is 15.9 Å². The monoisotopic (exact) mass is 379 g/mol. The molecule has 122 valence electrons. The zero-order valence-corrected chi connectivity index (χ0v) is 14.2. The van der Waals surface area contributed by atoms with E-state index < -0.39 is 5.97 Å². The first-order valence-corrected chi connectivity index (χ1v) is 7.94. The van der Waals surface area contributed by atoms with Crippen molar-refractivity contribution in [2.75, 3.05) is 18.5 Å². The highest BCUT2D eigenvalue weighted by Gasteiger charge is 2.12. The first-order chi connectivity index (χ1) is 11.0. The zero-order valence-electron chi connectivity index (χ0n) is 12.7. The van der Waals surface area contributed by atoms with Gasteiger partial charge in [0.2, 0.25) is 0 Å². The smallest absolute Gasteiger partial charge is 0.356 e. The number of hydrogen-bond acceptors (Lipinski definition) is 5. The number of rotatable bonds is 7. The van der Waals surface area contributed by atoms with Gasteiger partial charge >= 0.3 is 5.97 Å². The van der Waals surface area contributed by atoms with Crippen LogP contribution in [0.3, 0.4) is 0 Å². The minimum Gasteiger partial charge on any atom is -0.476 e. The van der Waals surface area contributed by atoms with Gasteiger partial charge in [0.1, 0.15) is 5.82 Å². The Labute approximate surface area is 142 Å². The SMILES string of the molecule is Cc1c(Br)cccc1CC(CO)CNc1cnc(C(=O)O)cn1. The van der Waals surface area contributed by atoms with Gasteiger partial charge < -0.3 is 15.5 Å². The Morgan fingerprint density at radius 3 is 2.74 bits per heavy atom. The highest BCUT2D eigenvalue weighted by Crippen LogP contribution is 2.22. The predicted octanol–water partition coefficient (Wildman–Crippen LogP) is 2.51. The third kappa shape index (κ3) is 4.74. The first kappa shape index (κ1) is 17.4. The van der Waals surface area contributed by atoms with Gasteiger partial charge in [0.25, 0.3) is 0 Å². The predicted molar refractivity (Wildman–Crippen MR) is 90.6 cm³/mol. The van der Waals surface area contributed by atoms with Gasteiger partial charge in [0.15, 0.2) is 5.69 Å². The van der Waals surface area contributed by atoms with Gasteiger partial charge in [-0.2, -0.15) is 0 Å². The maximum atomic E-state index is 10.7. The van der Waals surface area contributed by atoms with E-state index in [9.17, 15) is 9.90 Å². The third-order valence-electron chi connectivity index (χ3n) is 3.59. The lowest BCUT2D eigenvalue weighted by molar-refractivity contribution is 0.0690. The number of aliphatic hydroxyl groups excluding tert-OH is 1. The molecule has 2 rings (SSSR count). The summed E-state index contributed by atoms with van der Waals surface area (Å²) in [7, 11) is 0. The number of carbonyl (C=O) groups is 1. The Balaban J connectivity index is 1.97. The second-order valence-electron chi connectivity index (χ2n) is 5.25. The summed E-state index contributed by atoms with van der Waals surface area (Å²) in [4.78, 5) is 18.5. The molecule has 1 aromatic heterocycles. The van der Waals surface area contributed by atoms with E-state index >= 15 is 0 Å². The average Bonchev–Trinajstić information content (AvgIpc) is 2.55. The van der Waals surface area contributed by atoms with Crippen LogP contribution in [0.2, 0.25) is 0 Å². The minimum absolute atomic E-state index is 0.0175. The molecule has 0 aliphatic carbocycles. The molecule has 6 nitrogen and oxygen atoms in total. The van der Waals surface area contributed by atoms with Crippen molar-refractivity contribution in [1.29, 1.82) is 0 Å². The fourth-order valence-corrected chi connectivity index (χ4v) is 2.57. The third-order valence-corrected chi connectivity index (χ3v) is 4.45. The summed E-state index contributed by atoms with van der Waals surface area (Å²) in [5.74, 6) is -0.606. The highest BCUT2D eigenvalue weighted by atomic mass is 79.9. The highest BCUT2D eigenvalue weighted by molar-refractivity contribution is 9.10. The van der Waals surface area contributed by atoms with E-state index in [0.29, 0.717) is 12.4 Å². The molecule has 1 atom stereocenters. The molecule has 0 saturated heterocycles. The molecule has 1 heterocycles. The topological polar surface area (TPSA) is 95.3 Å². The normalized spacial score (nSPS) is 12.0. The van der Waals surface area contributed by atoms with Crippen LogP contribution < -0.4 is 5.32 Å². The second kappa shape index (κ2) is 8.03. The molecule has 1 aromatic carbocycles. The summed E-state index contributed by atoms with van der Waals surface area (Å²) in [6, 6.07) is 6.01. The zero-order chi connectivity index (χ0) is 16.8. The van der Waals surface area contributed by atoms with E-state index in [1.807, 2.05) is 25.1 Å². The molecule has 7 heteroatoms. The van der Waals surface area contributed by atoms with E-state index in [1.54, 1.807) is 0 Å². The number of halogens is 1. The lowest BCUT2D eigenvalue weighted by Crippen LogP contribution is -2.21. The van der Waals surface area contributed by atoms with Crippen molar-refractivity contribution in [2.45, 2.75) is 13.3 Å². The quantitative estimate of drug-likeness (QED) is 0.683. The lowest BCUT2D eigenvalue weighted by Gasteiger charge is -2.17. The van der Waals surface area contributed by atoms with Crippen molar-refractivity contribution in [2.24, 2.45) is 5.92 Å². The average molecular weight is 380 g/mol. The molecular weight excluding hydrogens is 362 g/mol. The fourth-order valence-electron chi connectivity index (χ4n) is 2.16. The van der Waals surface area contributed by atoms with Crippen LogP contribution in [0.25, 0.3) is 0 Å². The number of aromatic nitrogens is 2. The molecule has 0 spiro atoms. The van der Waals surface area contributed by atoms with E-state index in [-0.39, 0.29) is 18.2 Å². The summed E-state index contributed by atoms with van der Waals surface area (Å²) in [6.07, 6.45) is 3.31. The van der Waals surface area contributed by atoms with Gasteiger partial charge in [-0.15, -0.1) is 0 Å². The summed E-state index contributed by atoms with van der Waals surface area (Å²) < 4.78 is 1.05. The lowest BCUT2D eigenvalue weighted by atomic mass is 9.96.